The number of nitrogens with one attached hydrogen (secondary N) is 1. The average Bonchev–Trinajstić information content (AvgIpc) is 2.49. The van der Waals surface area contributed by atoms with Crippen molar-refractivity contribution in [3.8, 4) is 0 Å². The van der Waals surface area contributed by atoms with Gasteiger partial charge in [0.25, 0.3) is 0 Å². The SMILES string of the molecule is CC1SCCN(CC2CCNCC2)C1c1ccccc1. The third kappa shape index (κ3) is 3.38. The summed E-state index contributed by atoms with van der Waals surface area (Å²) in [5, 5.41) is 4.18. The molecule has 0 saturated carbocycles. The van der Waals surface area contributed by atoms with Crippen molar-refractivity contribution in [3.63, 3.8) is 0 Å². The van der Waals surface area contributed by atoms with Crippen LogP contribution in [0.2, 0.25) is 0 Å². The van der Waals surface area contributed by atoms with Crippen LogP contribution in [-0.4, -0.2) is 42.1 Å². The molecule has 2 saturated heterocycles. The lowest BCUT2D eigenvalue weighted by Gasteiger charge is -2.42. The number of thioether (sulfide) groups is 1. The summed E-state index contributed by atoms with van der Waals surface area (Å²) >= 11 is 2.13. The first-order valence-electron chi connectivity index (χ1n) is 7.96. The maximum absolute atomic E-state index is 3.48. The first kappa shape index (κ1) is 14.4. The van der Waals surface area contributed by atoms with Crippen LogP contribution >= 0.6 is 11.8 Å². The average molecular weight is 290 g/mol. The zero-order valence-electron chi connectivity index (χ0n) is 12.4. The number of hydrogen-bond donors (Lipinski definition) is 1. The number of nitrogens with zero attached hydrogens (tertiary/aromatic N) is 1. The van der Waals surface area contributed by atoms with Gasteiger partial charge in [0.05, 0.1) is 0 Å². The third-order valence-corrected chi connectivity index (χ3v) is 5.89. The quantitative estimate of drug-likeness (QED) is 0.920. The van der Waals surface area contributed by atoms with Crippen LogP contribution in [0.15, 0.2) is 30.3 Å². The van der Waals surface area contributed by atoms with Gasteiger partial charge in [-0.25, -0.2) is 0 Å². The van der Waals surface area contributed by atoms with Gasteiger partial charge in [-0.1, -0.05) is 37.3 Å². The van der Waals surface area contributed by atoms with Gasteiger partial charge in [0.15, 0.2) is 0 Å². The second-order valence-electron chi connectivity index (χ2n) is 6.12. The Labute approximate surface area is 127 Å². The molecule has 1 aromatic carbocycles. The van der Waals surface area contributed by atoms with E-state index >= 15 is 0 Å². The molecular formula is C17H26N2S. The minimum atomic E-state index is 0.602. The molecule has 3 rings (SSSR count). The Balaban J connectivity index is 1.72. The van der Waals surface area contributed by atoms with Gasteiger partial charge in [0, 0.05) is 30.1 Å². The highest BCUT2D eigenvalue weighted by molar-refractivity contribution is 8.00. The maximum Gasteiger partial charge on any atom is 0.0464 e. The van der Waals surface area contributed by atoms with Crippen molar-refractivity contribution in [3.05, 3.63) is 35.9 Å². The zero-order valence-corrected chi connectivity index (χ0v) is 13.2. The molecule has 0 spiro atoms. The molecule has 0 bridgehead atoms. The van der Waals surface area contributed by atoms with Gasteiger partial charge in [-0.05, 0) is 37.4 Å². The molecule has 0 aromatic heterocycles. The topological polar surface area (TPSA) is 15.3 Å². The van der Waals surface area contributed by atoms with Gasteiger partial charge in [0.2, 0.25) is 0 Å². The van der Waals surface area contributed by atoms with Crippen molar-refractivity contribution in [1.29, 1.82) is 0 Å². The summed E-state index contributed by atoms with van der Waals surface area (Å²) in [6.45, 7) is 7.35. The molecule has 1 aromatic rings. The van der Waals surface area contributed by atoms with Crippen LogP contribution in [0.4, 0.5) is 0 Å². The molecule has 2 fully saturated rings. The molecule has 0 radical (unpaired) electrons. The normalized spacial score (nSPS) is 29.4. The molecule has 1 N–H and O–H groups in total. The van der Waals surface area contributed by atoms with Gasteiger partial charge in [-0.3, -0.25) is 4.90 Å². The maximum atomic E-state index is 3.48. The van der Waals surface area contributed by atoms with E-state index in [-0.39, 0.29) is 0 Å². The first-order chi connectivity index (χ1) is 9.84. The van der Waals surface area contributed by atoms with Crippen molar-refractivity contribution in [1.82, 2.24) is 10.2 Å². The summed E-state index contributed by atoms with van der Waals surface area (Å²) in [5.41, 5.74) is 1.50. The van der Waals surface area contributed by atoms with Crippen LogP contribution in [-0.2, 0) is 0 Å². The number of hydrogen-bond acceptors (Lipinski definition) is 3. The minimum Gasteiger partial charge on any atom is -0.317 e. The highest BCUT2D eigenvalue weighted by Crippen LogP contribution is 2.36. The Morgan fingerprint density at radius 2 is 1.95 bits per heavy atom. The summed E-state index contributed by atoms with van der Waals surface area (Å²) in [4.78, 5) is 2.76. The summed E-state index contributed by atoms with van der Waals surface area (Å²) in [5.74, 6) is 2.17. The van der Waals surface area contributed by atoms with E-state index in [9.17, 15) is 0 Å². The Bertz CT molecular complexity index is 403. The fraction of sp³-hybridized carbons (Fsp3) is 0.647. The summed E-state index contributed by atoms with van der Waals surface area (Å²) < 4.78 is 0. The monoisotopic (exact) mass is 290 g/mol. The fourth-order valence-corrected chi connectivity index (χ4v) is 4.84. The standard InChI is InChI=1S/C17H26N2S/c1-14-17(16-5-3-2-4-6-16)19(11-12-20-14)13-15-7-9-18-10-8-15/h2-6,14-15,17-18H,7-13H2,1H3. The molecule has 2 nitrogen and oxygen atoms in total. The van der Waals surface area contributed by atoms with Gasteiger partial charge in [0.1, 0.15) is 0 Å². The largest absolute Gasteiger partial charge is 0.317 e. The van der Waals surface area contributed by atoms with E-state index in [1.54, 1.807) is 0 Å². The van der Waals surface area contributed by atoms with Crippen LogP contribution in [0.5, 0.6) is 0 Å². The van der Waals surface area contributed by atoms with Crippen LogP contribution in [0, 0.1) is 5.92 Å². The summed E-state index contributed by atoms with van der Waals surface area (Å²) in [6, 6.07) is 11.7. The van der Waals surface area contributed by atoms with Gasteiger partial charge in [-0.15, -0.1) is 0 Å². The smallest absolute Gasteiger partial charge is 0.0464 e. The summed E-state index contributed by atoms with van der Waals surface area (Å²) in [6.07, 6.45) is 2.69. The van der Waals surface area contributed by atoms with E-state index in [0.717, 1.165) is 5.92 Å². The van der Waals surface area contributed by atoms with E-state index in [1.807, 2.05) is 0 Å². The number of rotatable bonds is 3. The predicted molar refractivity (Wildman–Crippen MR) is 88.3 cm³/mol. The van der Waals surface area contributed by atoms with Crippen LogP contribution in [0.3, 0.4) is 0 Å². The second kappa shape index (κ2) is 6.97. The van der Waals surface area contributed by atoms with Crippen LogP contribution in [0.25, 0.3) is 0 Å². The Morgan fingerprint density at radius 3 is 2.70 bits per heavy atom. The van der Waals surface area contributed by atoms with E-state index in [0.29, 0.717) is 11.3 Å². The van der Waals surface area contributed by atoms with Crippen molar-refractivity contribution in [2.75, 3.05) is 31.9 Å². The van der Waals surface area contributed by atoms with Crippen LogP contribution in [0.1, 0.15) is 31.4 Å². The Hall–Kier alpha value is -0.510. The molecule has 0 amide bonds. The zero-order chi connectivity index (χ0) is 13.8. The van der Waals surface area contributed by atoms with Gasteiger partial charge >= 0.3 is 0 Å². The van der Waals surface area contributed by atoms with Crippen LogP contribution < -0.4 is 5.32 Å². The van der Waals surface area contributed by atoms with E-state index in [2.05, 4.69) is 59.2 Å². The Morgan fingerprint density at radius 1 is 1.20 bits per heavy atom. The van der Waals surface area contributed by atoms with Crippen molar-refractivity contribution >= 4 is 11.8 Å². The molecule has 2 aliphatic heterocycles. The molecule has 110 valence electrons. The van der Waals surface area contributed by atoms with E-state index in [4.69, 9.17) is 0 Å². The second-order valence-corrected chi connectivity index (χ2v) is 7.60. The third-order valence-electron chi connectivity index (χ3n) is 4.69. The molecule has 0 aliphatic carbocycles. The van der Waals surface area contributed by atoms with Crippen molar-refractivity contribution < 1.29 is 0 Å². The van der Waals surface area contributed by atoms with Gasteiger partial charge in [-0.2, -0.15) is 11.8 Å². The lowest BCUT2D eigenvalue weighted by Crippen LogP contribution is -2.44. The number of benzene rings is 1. The van der Waals surface area contributed by atoms with Gasteiger partial charge < -0.3 is 5.32 Å². The predicted octanol–water partition coefficient (Wildman–Crippen LogP) is 3.16. The molecule has 2 heterocycles. The highest BCUT2D eigenvalue weighted by Gasteiger charge is 2.31. The molecule has 20 heavy (non-hydrogen) atoms. The van der Waals surface area contributed by atoms with Crippen molar-refractivity contribution in [2.45, 2.75) is 31.1 Å². The fourth-order valence-electron chi connectivity index (χ4n) is 3.62. The van der Waals surface area contributed by atoms with E-state index in [1.165, 1.54) is 50.3 Å². The summed E-state index contributed by atoms with van der Waals surface area (Å²) in [7, 11) is 0. The van der Waals surface area contributed by atoms with E-state index < -0.39 is 0 Å². The highest BCUT2D eigenvalue weighted by atomic mass is 32.2. The van der Waals surface area contributed by atoms with Crippen molar-refractivity contribution in [2.24, 2.45) is 5.92 Å². The molecule has 3 heteroatoms. The molecular weight excluding hydrogens is 264 g/mol. The lowest BCUT2D eigenvalue weighted by atomic mass is 9.95. The lowest BCUT2D eigenvalue weighted by molar-refractivity contribution is 0.154. The number of piperidine rings is 1. The molecule has 2 atom stereocenters. The molecule has 2 unspecified atom stereocenters. The Kier molecular flexibility index (Phi) is 5.03. The molecule has 2 aliphatic rings. The first-order valence-corrected chi connectivity index (χ1v) is 9.01. The minimum absolute atomic E-state index is 0.602.